The van der Waals surface area contributed by atoms with Crippen LogP contribution in [0.4, 0.5) is 0 Å². The first kappa shape index (κ1) is 20.2. The number of methoxy groups -OCH3 is 1. The van der Waals surface area contributed by atoms with E-state index in [0.717, 1.165) is 33.2 Å². The maximum atomic E-state index is 5.21. The molecule has 3 aromatic carbocycles. The van der Waals surface area contributed by atoms with Crippen LogP contribution in [0, 0.1) is 0 Å². The number of thioether (sulfide) groups is 1. The minimum absolute atomic E-state index is 0.663. The summed E-state index contributed by atoms with van der Waals surface area (Å²) in [5.41, 5.74) is 4.21. The summed E-state index contributed by atoms with van der Waals surface area (Å²) in [6.45, 7) is 0.663. The van der Waals surface area contributed by atoms with E-state index >= 15 is 0 Å². The van der Waals surface area contributed by atoms with Crippen LogP contribution in [0.25, 0.3) is 21.9 Å². The smallest absolute Gasteiger partial charge is 0.118 e. The second kappa shape index (κ2) is 9.20. The number of ether oxygens (including phenoxy) is 1. The first-order valence-electron chi connectivity index (χ1n) is 10.2. The zero-order valence-electron chi connectivity index (χ0n) is 17.5. The second-order valence-electron chi connectivity index (χ2n) is 7.31. The highest BCUT2D eigenvalue weighted by molar-refractivity contribution is 7.98. The van der Waals surface area contributed by atoms with Gasteiger partial charge in [0.25, 0.3) is 0 Å². The van der Waals surface area contributed by atoms with E-state index in [2.05, 4.69) is 62.7 Å². The second-order valence-corrected chi connectivity index (χ2v) is 8.28. The van der Waals surface area contributed by atoms with E-state index in [1.54, 1.807) is 25.2 Å². The summed E-state index contributed by atoms with van der Waals surface area (Å²) in [5.74, 6) is 1.52. The van der Waals surface area contributed by atoms with Gasteiger partial charge in [0.1, 0.15) is 17.1 Å². The molecule has 158 valence electrons. The number of rotatable bonds is 7. The van der Waals surface area contributed by atoms with Gasteiger partial charge in [0.05, 0.1) is 19.3 Å². The quantitative estimate of drug-likeness (QED) is 0.255. The summed E-state index contributed by atoms with van der Waals surface area (Å²) >= 11 is 1.64. The van der Waals surface area contributed by atoms with Crippen molar-refractivity contribution in [3.63, 3.8) is 0 Å². The van der Waals surface area contributed by atoms with Gasteiger partial charge in [-0.3, -0.25) is 0 Å². The molecule has 0 aliphatic heterocycles. The largest absolute Gasteiger partial charge is 0.497 e. The topological polar surface area (TPSA) is 65.7 Å². The number of hydrogen-bond donors (Lipinski definition) is 0. The number of nitrogens with zero attached hydrogens (tertiary/aromatic N) is 5. The molecule has 0 fully saturated rings. The van der Waals surface area contributed by atoms with Crippen molar-refractivity contribution in [2.45, 2.75) is 17.3 Å². The summed E-state index contributed by atoms with van der Waals surface area (Å²) in [5, 5.41) is 11.9. The summed E-state index contributed by atoms with van der Waals surface area (Å²) in [6, 6.07) is 22.7. The Balaban J connectivity index is 1.33. The van der Waals surface area contributed by atoms with Gasteiger partial charge in [-0.1, -0.05) is 71.6 Å². The van der Waals surface area contributed by atoms with Crippen LogP contribution in [0.5, 0.6) is 5.75 Å². The van der Waals surface area contributed by atoms with Gasteiger partial charge >= 0.3 is 0 Å². The molecule has 0 atom stereocenters. The molecule has 0 saturated carbocycles. The van der Waals surface area contributed by atoms with Crippen LogP contribution in [0.1, 0.15) is 11.3 Å². The van der Waals surface area contributed by atoms with Gasteiger partial charge in [0.15, 0.2) is 0 Å². The monoisotopic (exact) mass is 439 g/mol. The van der Waals surface area contributed by atoms with Gasteiger partial charge in [-0.2, -0.15) is 0 Å². The fourth-order valence-corrected chi connectivity index (χ4v) is 4.48. The van der Waals surface area contributed by atoms with E-state index in [9.17, 15) is 0 Å². The highest BCUT2D eigenvalue weighted by Gasteiger charge is 2.12. The Bertz CT molecular complexity index is 1340. The molecule has 6 nitrogen and oxygen atoms in total. The first-order valence-corrected chi connectivity index (χ1v) is 11.2. The summed E-state index contributed by atoms with van der Waals surface area (Å²) in [4.78, 5) is 8.83. The number of hydrogen-bond acceptors (Lipinski definition) is 6. The van der Waals surface area contributed by atoms with Gasteiger partial charge < -0.3 is 4.74 Å². The van der Waals surface area contributed by atoms with E-state index in [-0.39, 0.29) is 0 Å². The molecule has 2 aromatic heterocycles. The normalized spacial score (nSPS) is 11.0. The molecule has 32 heavy (non-hydrogen) atoms. The van der Waals surface area contributed by atoms with E-state index < -0.39 is 0 Å². The lowest BCUT2D eigenvalue weighted by Gasteiger charge is -2.10. The van der Waals surface area contributed by atoms with E-state index in [1.165, 1.54) is 10.8 Å². The molecule has 0 saturated heterocycles. The molecule has 0 unspecified atom stereocenters. The Morgan fingerprint density at radius 3 is 2.66 bits per heavy atom. The molecule has 0 N–H and O–H groups in total. The summed E-state index contributed by atoms with van der Waals surface area (Å²) in [7, 11) is 1.67. The highest BCUT2D eigenvalue weighted by atomic mass is 32.2. The van der Waals surface area contributed by atoms with Crippen molar-refractivity contribution in [1.29, 1.82) is 0 Å². The molecule has 0 bridgehead atoms. The minimum atomic E-state index is 0.663. The number of aromatic nitrogens is 5. The van der Waals surface area contributed by atoms with E-state index in [1.807, 2.05) is 41.3 Å². The maximum absolute atomic E-state index is 5.21. The van der Waals surface area contributed by atoms with E-state index in [4.69, 9.17) is 4.74 Å². The van der Waals surface area contributed by atoms with Crippen LogP contribution in [0.3, 0.4) is 0 Å². The van der Waals surface area contributed by atoms with Crippen molar-refractivity contribution in [3.05, 3.63) is 96.7 Å². The minimum Gasteiger partial charge on any atom is -0.497 e. The lowest BCUT2D eigenvalue weighted by molar-refractivity contribution is 0.414. The summed E-state index contributed by atoms with van der Waals surface area (Å²) in [6.07, 6.45) is 5.46. The van der Waals surface area contributed by atoms with E-state index in [0.29, 0.717) is 12.3 Å². The van der Waals surface area contributed by atoms with Crippen LogP contribution >= 0.6 is 11.8 Å². The van der Waals surface area contributed by atoms with Gasteiger partial charge in [-0.25, -0.2) is 14.6 Å². The zero-order valence-corrected chi connectivity index (χ0v) is 18.4. The highest BCUT2D eigenvalue weighted by Crippen LogP contribution is 2.34. The Kier molecular flexibility index (Phi) is 5.81. The lowest BCUT2D eigenvalue weighted by atomic mass is 10.0. The number of benzene rings is 3. The molecule has 0 aliphatic carbocycles. The SMILES string of the molecule is COc1ccc(Cn2cc(CSc3ncncc3-c3cccc4ccccc34)nn2)cc1. The van der Waals surface area contributed by atoms with Crippen LogP contribution in [-0.2, 0) is 12.3 Å². The molecule has 5 rings (SSSR count). The molecule has 5 aromatic rings. The van der Waals surface area contributed by atoms with Crippen LogP contribution < -0.4 is 4.74 Å². The molecule has 0 aliphatic rings. The van der Waals surface area contributed by atoms with Crippen LogP contribution in [0.15, 0.2) is 90.5 Å². The summed E-state index contributed by atoms with van der Waals surface area (Å²) < 4.78 is 7.07. The predicted molar refractivity (Wildman–Crippen MR) is 127 cm³/mol. The fraction of sp³-hybridized carbons (Fsp3) is 0.120. The standard InChI is InChI=1S/C25H21N5OS/c1-31-21-11-9-18(10-12-21)14-30-15-20(28-29-30)16-32-25-24(13-26-17-27-25)23-8-4-6-19-5-2-3-7-22(19)23/h2-13,15,17H,14,16H2,1H3. The Morgan fingerprint density at radius 2 is 1.78 bits per heavy atom. The third-order valence-electron chi connectivity index (χ3n) is 5.20. The Labute approximate surface area is 190 Å². The predicted octanol–water partition coefficient (Wildman–Crippen LogP) is 5.24. The van der Waals surface area contributed by atoms with Crippen molar-refractivity contribution in [3.8, 4) is 16.9 Å². The van der Waals surface area contributed by atoms with Crippen molar-refractivity contribution >= 4 is 22.5 Å². The average molecular weight is 440 g/mol. The fourth-order valence-electron chi connectivity index (χ4n) is 3.62. The first-order chi connectivity index (χ1) is 15.8. The maximum Gasteiger partial charge on any atom is 0.118 e. The zero-order chi connectivity index (χ0) is 21.8. The molecule has 0 amide bonds. The molecule has 2 heterocycles. The molecule has 7 heteroatoms. The lowest BCUT2D eigenvalue weighted by Crippen LogP contribution is -2.00. The third-order valence-corrected chi connectivity index (χ3v) is 6.24. The molecular weight excluding hydrogens is 418 g/mol. The molecule has 0 spiro atoms. The Morgan fingerprint density at radius 1 is 0.938 bits per heavy atom. The van der Waals surface area contributed by atoms with Crippen LogP contribution in [0.2, 0.25) is 0 Å². The Hall–Kier alpha value is -3.71. The molecular formula is C25H21N5OS. The average Bonchev–Trinajstić information content (AvgIpc) is 3.30. The van der Waals surface area contributed by atoms with Gasteiger partial charge in [0.2, 0.25) is 0 Å². The van der Waals surface area contributed by atoms with Crippen molar-refractivity contribution < 1.29 is 4.74 Å². The van der Waals surface area contributed by atoms with Gasteiger partial charge in [0, 0.05) is 23.7 Å². The van der Waals surface area contributed by atoms with Gasteiger partial charge in [-0.05, 0) is 34.0 Å². The van der Waals surface area contributed by atoms with Gasteiger partial charge in [-0.15, -0.1) is 5.10 Å². The van der Waals surface area contributed by atoms with Crippen molar-refractivity contribution in [2.24, 2.45) is 0 Å². The van der Waals surface area contributed by atoms with Crippen molar-refractivity contribution in [1.82, 2.24) is 25.0 Å². The molecule has 0 radical (unpaired) electrons. The third kappa shape index (κ3) is 4.33. The number of fused-ring (bicyclic) bond motifs is 1. The van der Waals surface area contributed by atoms with Crippen LogP contribution in [-0.4, -0.2) is 32.1 Å². The van der Waals surface area contributed by atoms with Crippen molar-refractivity contribution in [2.75, 3.05) is 7.11 Å².